The molecule has 148 valence electrons. The van der Waals surface area contributed by atoms with Crippen LogP contribution in [0.4, 0.5) is 11.5 Å². The molecule has 0 amide bonds. The fourth-order valence-corrected chi connectivity index (χ4v) is 4.50. The Bertz CT molecular complexity index is 1020. The molecule has 2 aromatic heterocycles. The van der Waals surface area contributed by atoms with Gasteiger partial charge in [-0.1, -0.05) is 29.8 Å². The zero-order chi connectivity index (χ0) is 19.8. The average Bonchev–Trinajstić information content (AvgIpc) is 3.08. The van der Waals surface area contributed by atoms with Crippen molar-refractivity contribution in [3.8, 4) is 0 Å². The van der Waals surface area contributed by atoms with Crippen LogP contribution in [-0.2, 0) is 11.2 Å². The number of hydrogen-bond donors (Lipinski definition) is 0. The highest BCUT2D eigenvalue weighted by Gasteiger charge is 2.26. The first-order valence-electron chi connectivity index (χ1n) is 9.81. The van der Waals surface area contributed by atoms with Gasteiger partial charge < -0.3 is 9.64 Å². The molecule has 7 heteroatoms. The van der Waals surface area contributed by atoms with Gasteiger partial charge in [0.05, 0.1) is 28.9 Å². The Labute approximate surface area is 170 Å². The first kappa shape index (κ1) is 19.2. The first-order valence-corrected chi connectivity index (χ1v) is 10.2. The van der Waals surface area contributed by atoms with Crippen molar-refractivity contribution in [3.63, 3.8) is 0 Å². The van der Waals surface area contributed by atoms with E-state index >= 15 is 0 Å². The van der Waals surface area contributed by atoms with Crippen LogP contribution < -0.4 is 4.90 Å². The first-order chi connectivity index (χ1) is 13.5. The summed E-state index contributed by atoms with van der Waals surface area (Å²) in [5.41, 5.74) is 6.24. The third-order valence-electron chi connectivity index (χ3n) is 5.39. The number of halogens is 1. The Balaban J connectivity index is 1.89. The number of fused-ring (bicyclic) bond motifs is 2. The molecule has 0 N–H and O–H groups in total. The summed E-state index contributed by atoms with van der Waals surface area (Å²) in [6.07, 6.45) is 3.00. The summed E-state index contributed by atoms with van der Waals surface area (Å²) in [5.74, 6) is 0.834. The van der Waals surface area contributed by atoms with Crippen molar-refractivity contribution in [2.45, 2.75) is 46.1 Å². The molecule has 6 nitrogen and oxygen atoms in total. The fourth-order valence-electron chi connectivity index (χ4n) is 4.11. The van der Waals surface area contributed by atoms with E-state index in [1.807, 2.05) is 17.7 Å². The second-order valence-electron chi connectivity index (χ2n) is 7.52. The number of methoxy groups -OCH3 is 1. The van der Waals surface area contributed by atoms with E-state index in [0.29, 0.717) is 6.61 Å². The topological polar surface area (TPSA) is 56.1 Å². The summed E-state index contributed by atoms with van der Waals surface area (Å²) in [4.78, 5) is 7.07. The van der Waals surface area contributed by atoms with Gasteiger partial charge in [-0.2, -0.15) is 0 Å². The average molecular weight is 400 g/mol. The molecule has 0 fully saturated rings. The Morgan fingerprint density at radius 3 is 2.82 bits per heavy atom. The van der Waals surface area contributed by atoms with Crippen molar-refractivity contribution in [2.75, 3.05) is 25.2 Å². The number of aromatic nitrogens is 4. The van der Waals surface area contributed by atoms with Crippen LogP contribution in [0.5, 0.6) is 0 Å². The molecule has 1 aromatic carbocycles. The van der Waals surface area contributed by atoms with Gasteiger partial charge in [-0.3, -0.25) is 0 Å². The van der Waals surface area contributed by atoms with Gasteiger partial charge in [0.25, 0.3) is 0 Å². The third kappa shape index (κ3) is 3.25. The summed E-state index contributed by atoms with van der Waals surface area (Å²) < 4.78 is 7.36. The van der Waals surface area contributed by atoms with E-state index in [1.54, 1.807) is 7.11 Å². The van der Waals surface area contributed by atoms with Crippen LogP contribution in [0.3, 0.4) is 0 Å². The molecule has 0 radical (unpaired) electrons. The second-order valence-corrected chi connectivity index (χ2v) is 7.92. The number of hydrogen-bond acceptors (Lipinski definition) is 5. The second kappa shape index (κ2) is 7.68. The molecule has 0 saturated heterocycles. The van der Waals surface area contributed by atoms with E-state index in [1.165, 1.54) is 11.1 Å². The van der Waals surface area contributed by atoms with Crippen LogP contribution in [0.1, 0.15) is 42.6 Å². The molecule has 0 spiro atoms. The third-order valence-corrected chi connectivity index (χ3v) is 5.67. The van der Waals surface area contributed by atoms with Crippen LogP contribution in [0.2, 0.25) is 5.02 Å². The maximum Gasteiger partial charge on any atom is 0.163 e. The van der Waals surface area contributed by atoms with Crippen molar-refractivity contribution in [1.29, 1.82) is 0 Å². The summed E-state index contributed by atoms with van der Waals surface area (Å²) in [5, 5.41) is 9.75. The maximum atomic E-state index is 6.68. The normalized spacial score (nSPS) is 15.1. The fraction of sp³-hybridized carbons (Fsp3) is 0.476. The Hall–Kier alpha value is -2.18. The zero-order valence-electron chi connectivity index (χ0n) is 16.9. The molecular weight excluding hydrogens is 374 g/mol. The lowest BCUT2D eigenvalue weighted by atomic mass is 9.99. The molecule has 0 aliphatic carbocycles. The highest BCUT2D eigenvalue weighted by molar-refractivity contribution is 6.33. The molecule has 1 atom stereocenters. The maximum absolute atomic E-state index is 6.68. The van der Waals surface area contributed by atoms with Gasteiger partial charge in [-0.15, -0.1) is 5.10 Å². The molecule has 0 bridgehead atoms. The number of benzene rings is 1. The van der Waals surface area contributed by atoms with Crippen LogP contribution in [0.15, 0.2) is 18.2 Å². The van der Waals surface area contributed by atoms with E-state index in [9.17, 15) is 0 Å². The van der Waals surface area contributed by atoms with Crippen LogP contribution in [0.25, 0.3) is 11.0 Å². The number of aryl methyl sites for hydroxylation is 3. The number of pyridine rings is 1. The monoisotopic (exact) mass is 399 g/mol. The minimum Gasteiger partial charge on any atom is -0.382 e. The van der Waals surface area contributed by atoms with Crippen molar-refractivity contribution >= 4 is 34.1 Å². The summed E-state index contributed by atoms with van der Waals surface area (Å²) in [6.45, 7) is 7.70. The van der Waals surface area contributed by atoms with Gasteiger partial charge in [-0.05, 0) is 56.4 Å². The summed E-state index contributed by atoms with van der Waals surface area (Å²) in [7, 11) is 1.72. The van der Waals surface area contributed by atoms with E-state index in [4.69, 9.17) is 21.3 Å². The predicted octanol–water partition coefficient (Wildman–Crippen LogP) is 4.78. The highest BCUT2D eigenvalue weighted by atomic mass is 35.5. The lowest BCUT2D eigenvalue weighted by molar-refractivity contribution is 0.148. The molecule has 3 aromatic rings. The smallest absolute Gasteiger partial charge is 0.163 e. The molecule has 0 saturated carbocycles. The van der Waals surface area contributed by atoms with Gasteiger partial charge in [0, 0.05) is 19.3 Å². The van der Waals surface area contributed by atoms with Crippen molar-refractivity contribution in [2.24, 2.45) is 0 Å². The number of anilines is 2. The van der Waals surface area contributed by atoms with Gasteiger partial charge in [0.15, 0.2) is 11.3 Å². The SMILES string of the molecule is CCC(COC)n1nnc2c(N3CCCc4cc(C)cc(Cl)c43)nc(C)cc21. The minimum atomic E-state index is 0.143. The molecule has 28 heavy (non-hydrogen) atoms. The van der Waals surface area contributed by atoms with E-state index < -0.39 is 0 Å². The van der Waals surface area contributed by atoms with Crippen molar-refractivity contribution in [1.82, 2.24) is 20.0 Å². The standard InChI is InChI=1S/C21H26ClN5O/c1-5-16(12-28-4)27-18-11-14(3)23-21(19(18)24-25-27)26-8-6-7-15-9-13(2)10-17(22)20(15)26/h9-11,16H,5-8,12H2,1-4H3. The zero-order valence-corrected chi connectivity index (χ0v) is 17.6. The van der Waals surface area contributed by atoms with E-state index in [-0.39, 0.29) is 6.04 Å². The van der Waals surface area contributed by atoms with E-state index in [2.05, 4.69) is 41.2 Å². The van der Waals surface area contributed by atoms with Gasteiger partial charge in [0.1, 0.15) is 0 Å². The lowest BCUT2D eigenvalue weighted by Gasteiger charge is -2.32. The Morgan fingerprint density at radius 1 is 1.25 bits per heavy atom. The number of rotatable bonds is 5. The minimum absolute atomic E-state index is 0.143. The molecule has 3 heterocycles. The van der Waals surface area contributed by atoms with Crippen LogP contribution >= 0.6 is 11.6 Å². The number of ether oxygens (including phenoxy) is 1. The summed E-state index contributed by atoms with van der Waals surface area (Å²) in [6, 6.07) is 6.44. The summed E-state index contributed by atoms with van der Waals surface area (Å²) >= 11 is 6.68. The van der Waals surface area contributed by atoms with Crippen LogP contribution in [0, 0.1) is 13.8 Å². The quantitative estimate of drug-likeness (QED) is 0.618. The largest absolute Gasteiger partial charge is 0.382 e. The molecule has 4 rings (SSSR count). The Morgan fingerprint density at radius 2 is 2.07 bits per heavy atom. The molecule has 1 aliphatic rings. The highest BCUT2D eigenvalue weighted by Crippen LogP contribution is 2.41. The van der Waals surface area contributed by atoms with Crippen molar-refractivity contribution in [3.05, 3.63) is 40.0 Å². The van der Waals surface area contributed by atoms with Gasteiger partial charge in [-0.25, -0.2) is 9.67 Å². The molecular formula is C21H26ClN5O. The lowest BCUT2D eigenvalue weighted by Crippen LogP contribution is -2.26. The molecule has 1 aliphatic heterocycles. The molecule has 1 unspecified atom stereocenters. The van der Waals surface area contributed by atoms with E-state index in [0.717, 1.165) is 59.1 Å². The number of nitrogens with zero attached hydrogens (tertiary/aromatic N) is 5. The van der Waals surface area contributed by atoms with Crippen LogP contribution in [-0.4, -0.2) is 40.2 Å². The van der Waals surface area contributed by atoms with Crippen molar-refractivity contribution < 1.29 is 4.74 Å². The predicted molar refractivity (Wildman–Crippen MR) is 113 cm³/mol. The Kier molecular flexibility index (Phi) is 5.25. The van der Waals surface area contributed by atoms with Gasteiger partial charge >= 0.3 is 0 Å². The van der Waals surface area contributed by atoms with Gasteiger partial charge in [0.2, 0.25) is 0 Å².